The van der Waals surface area contributed by atoms with Crippen LogP contribution in [-0.4, -0.2) is 0 Å². The number of nitrogens with zero attached hydrogens (tertiary/aromatic N) is 1. The summed E-state index contributed by atoms with van der Waals surface area (Å²) in [5.41, 5.74) is 0.900. The molecule has 1 aromatic rings. The second-order valence-corrected chi connectivity index (χ2v) is 3.14. The van der Waals surface area contributed by atoms with Crippen molar-refractivity contribution in [3.8, 4) is 6.07 Å². The van der Waals surface area contributed by atoms with Gasteiger partial charge in [0.05, 0.1) is 10.6 Å². The number of rotatable bonds is 1. The highest BCUT2D eigenvalue weighted by atomic mass is 79.9. The smallest absolute Gasteiger partial charge is 0.125 e. The lowest BCUT2D eigenvalue weighted by atomic mass is 10.1. The molecular weight excluding hydrogens is 244 g/mol. The Balaban J connectivity index is 3.36. The molecule has 12 heavy (non-hydrogen) atoms. The van der Waals surface area contributed by atoms with E-state index in [1.165, 1.54) is 6.07 Å². The Kier molecular flexibility index (Phi) is 3.07. The van der Waals surface area contributed by atoms with Crippen LogP contribution in [-0.2, 0) is 5.33 Å². The van der Waals surface area contributed by atoms with Crippen LogP contribution in [0.15, 0.2) is 12.1 Å². The van der Waals surface area contributed by atoms with Crippen molar-refractivity contribution in [1.82, 2.24) is 0 Å². The monoisotopic (exact) mass is 247 g/mol. The molecular formula is C8H4BrClFN. The molecule has 0 saturated heterocycles. The fraction of sp³-hybridized carbons (Fsp3) is 0.125. The standard InChI is InChI=1S/C8H4BrClFN/c9-3-5-1-6(11)2-8(10)7(5)4-12/h1-2H,3H2. The first-order valence-corrected chi connectivity index (χ1v) is 4.63. The van der Waals surface area contributed by atoms with E-state index in [-0.39, 0.29) is 5.02 Å². The van der Waals surface area contributed by atoms with E-state index in [4.69, 9.17) is 16.9 Å². The maximum absolute atomic E-state index is 12.7. The van der Waals surface area contributed by atoms with Gasteiger partial charge in [-0.1, -0.05) is 27.5 Å². The zero-order chi connectivity index (χ0) is 9.14. The molecule has 0 radical (unpaired) electrons. The maximum Gasteiger partial charge on any atom is 0.125 e. The zero-order valence-corrected chi connectivity index (χ0v) is 8.28. The topological polar surface area (TPSA) is 23.8 Å². The lowest BCUT2D eigenvalue weighted by Gasteiger charge is -2.01. The maximum atomic E-state index is 12.7. The summed E-state index contributed by atoms with van der Waals surface area (Å²) >= 11 is 8.77. The van der Waals surface area contributed by atoms with E-state index in [1.54, 1.807) is 0 Å². The normalized spacial score (nSPS) is 9.50. The molecule has 0 unspecified atom stereocenters. The molecule has 62 valence electrons. The van der Waals surface area contributed by atoms with E-state index in [0.717, 1.165) is 6.07 Å². The summed E-state index contributed by atoms with van der Waals surface area (Å²) in [5.74, 6) is -0.423. The van der Waals surface area contributed by atoms with E-state index < -0.39 is 5.82 Å². The molecule has 0 aliphatic heterocycles. The molecule has 0 heterocycles. The zero-order valence-electron chi connectivity index (χ0n) is 5.94. The third kappa shape index (κ3) is 1.77. The van der Waals surface area contributed by atoms with Crippen molar-refractivity contribution in [3.63, 3.8) is 0 Å². The van der Waals surface area contributed by atoms with Crippen LogP contribution in [0.2, 0.25) is 5.02 Å². The number of halogens is 3. The molecule has 0 spiro atoms. The number of nitriles is 1. The van der Waals surface area contributed by atoms with E-state index in [2.05, 4.69) is 15.9 Å². The van der Waals surface area contributed by atoms with Gasteiger partial charge in [0.25, 0.3) is 0 Å². The molecule has 4 heteroatoms. The Bertz CT molecular complexity index is 346. The summed E-state index contributed by atoms with van der Waals surface area (Å²) in [5, 5.41) is 9.23. The van der Waals surface area contributed by atoms with Crippen molar-refractivity contribution in [2.75, 3.05) is 0 Å². The highest BCUT2D eigenvalue weighted by molar-refractivity contribution is 9.08. The average Bonchev–Trinajstić information content (AvgIpc) is 2.03. The van der Waals surface area contributed by atoms with Gasteiger partial charge in [0.15, 0.2) is 0 Å². The van der Waals surface area contributed by atoms with Gasteiger partial charge in [-0.05, 0) is 17.7 Å². The first-order chi connectivity index (χ1) is 5.69. The van der Waals surface area contributed by atoms with Crippen molar-refractivity contribution in [3.05, 3.63) is 34.1 Å². The summed E-state index contributed by atoms with van der Waals surface area (Å²) in [6.07, 6.45) is 0. The van der Waals surface area contributed by atoms with Gasteiger partial charge in [0, 0.05) is 5.33 Å². The lowest BCUT2D eigenvalue weighted by molar-refractivity contribution is 0.626. The highest BCUT2D eigenvalue weighted by Crippen LogP contribution is 2.22. The van der Waals surface area contributed by atoms with Gasteiger partial charge >= 0.3 is 0 Å². The van der Waals surface area contributed by atoms with Crippen LogP contribution < -0.4 is 0 Å². The largest absolute Gasteiger partial charge is 0.207 e. The summed E-state index contributed by atoms with van der Waals surface area (Å²) in [6, 6.07) is 4.34. The highest BCUT2D eigenvalue weighted by Gasteiger charge is 2.07. The molecule has 0 aromatic heterocycles. The van der Waals surface area contributed by atoms with E-state index in [9.17, 15) is 4.39 Å². The molecule has 0 amide bonds. The molecule has 0 fully saturated rings. The van der Waals surface area contributed by atoms with Crippen molar-refractivity contribution in [2.24, 2.45) is 0 Å². The summed E-state index contributed by atoms with van der Waals surface area (Å²) < 4.78 is 12.7. The number of hydrogen-bond acceptors (Lipinski definition) is 1. The summed E-state index contributed by atoms with van der Waals surface area (Å²) in [7, 11) is 0. The van der Waals surface area contributed by atoms with Gasteiger partial charge in [-0.15, -0.1) is 0 Å². The second kappa shape index (κ2) is 3.88. The predicted molar refractivity (Wildman–Crippen MR) is 48.8 cm³/mol. The quantitative estimate of drug-likeness (QED) is 0.700. The van der Waals surface area contributed by atoms with Gasteiger partial charge in [-0.3, -0.25) is 0 Å². The predicted octanol–water partition coefficient (Wildman–Crippen LogP) is 3.25. The molecule has 1 rings (SSSR count). The van der Waals surface area contributed by atoms with Crippen LogP contribution in [0, 0.1) is 17.1 Å². The molecule has 1 nitrogen and oxygen atoms in total. The van der Waals surface area contributed by atoms with Crippen LogP contribution in [0.25, 0.3) is 0 Å². The van der Waals surface area contributed by atoms with Crippen LogP contribution in [0.4, 0.5) is 4.39 Å². The van der Waals surface area contributed by atoms with E-state index in [1.807, 2.05) is 6.07 Å². The molecule has 0 aliphatic carbocycles. The first-order valence-electron chi connectivity index (χ1n) is 3.13. The van der Waals surface area contributed by atoms with Crippen LogP contribution in [0.5, 0.6) is 0 Å². The van der Waals surface area contributed by atoms with Crippen molar-refractivity contribution < 1.29 is 4.39 Å². The van der Waals surface area contributed by atoms with E-state index in [0.29, 0.717) is 16.5 Å². The molecule has 0 N–H and O–H groups in total. The Labute approximate surface area is 82.9 Å². The van der Waals surface area contributed by atoms with Crippen LogP contribution >= 0.6 is 27.5 Å². The molecule has 0 saturated carbocycles. The summed E-state index contributed by atoms with van der Waals surface area (Å²) in [6.45, 7) is 0. The fourth-order valence-corrected chi connectivity index (χ4v) is 1.57. The van der Waals surface area contributed by atoms with Crippen molar-refractivity contribution in [1.29, 1.82) is 5.26 Å². The lowest BCUT2D eigenvalue weighted by Crippen LogP contribution is -1.89. The Morgan fingerprint density at radius 1 is 1.58 bits per heavy atom. The first kappa shape index (κ1) is 9.50. The molecule has 1 aromatic carbocycles. The minimum Gasteiger partial charge on any atom is -0.207 e. The summed E-state index contributed by atoms with van der Waals surface area (Å²) in [4.78, 5) is 0. The number of benzene rings is 1. The van der Waals surface area contributed by atoms with Gasteiger partial charge in [-0.25, -0.2) is 4.39 Å². The molecule has 0 aliphatic rings. The van der Waals surface area contributed by atoms with Gasteiger partial charge < -0.3 is 0 Å². The number of alkyl halides is 1. The van der Waals surface area contributed by atoms with Crippen LogP contribution in [0.3, 0.4) is 0 Å². The minimum absolute atomic E-state index is 0.159. The van der Waals surface area contributed by atoms with Crippen molar-refractivity contribution >= 4 is 27.5 Å². The van der Waals surface area contributed by atoms with Gasteiger partial charge in [0.2, 0.25) is 0 Å². The number of hydrogen-bond donors (Lipinski definition) is 0. The SMILES string of the molecule is N#Cc1c(Cl)cc(F)cc1CBr. The molecule has 0 atom stereocenters. The molecule has 0 bridgehead atoms. The third-order valence-electron chi connectivity index (χ3n) is 1.39. The van der Waals surface area contributed by atoms with Crippen LogP contribution in [0.1, 0.15) is 11.1 Å². The minimum atomic E-state index is -0.423. The Morgan fingerprint density at radius 2 is 2.25 bits per heavy atom. The Morgan fingerprint density at radius 3 is 2.75 bits per heavy atom. The van der Waals surface area contributed by atoms with Crippen molar-refractivity contribution in [2.45, 2.75) is 5.33 Å². The Hall–Kier alpha value is -0.590. The van der Waals surface area contributed by atoms with Gasteiger partial charge in [0.1, 0.15) is 11.9 Å². The third-order valence-corrected chi connectivity index (χ3v) is 2.29. The van der Waals surface area contributed by atoms with Gasteiger partial charge in [-0.2, -0.15) is 5.26 Å². The fourth-order valence-electron chi connectivity index (χ4n) is 0.857. The average molecular weight is 248 g/mol. The second-order valence-electron chi connectivity index (χ2n) is 2.17. The van der Waals surface area contributed by atoms with E-state index >= 15 is 0 Å².